The van der Waals surface area contributed by atoms with Crippen LogP contribution in [0.25, 0.3) is 0 Å². The number of aromatic nitrogens is 1. The lowest BCUT2D eigenvalue weighted by molar-refractivity contribution is -0.384. The van der Waals surface area contributed by atoms with Gasteiger partial charge < -0.3 is 14.8 Å². The van der Waals surface area contributed by atoms with E-state index in [9.17, 15) is 14.9 Å². The van der Waals surface area contributed by atoms with Gasteiger partial charge in [-0.2, -0.15) is 0 Å². The predicted molar refractivity (Wildman–Crippen MR) is 106 cm³/mol. The first-order valence-electron chi connectivity index (χ1n) is 8.92. The number of nitrogens with one attached hydrogen (secondary N) is 1. The number of hydrogen-bond acceptors (Lipinski definition) is 6. The first-order chi connectivity index (χ1) is 13.4. The van der Waals surface area contributed by atoms with Crippen LogP contribution in [0.1, 0.15) is 32.3 Å². The van der Waals surface area contributed by atoms with Crippen molar-refractivity contribution >= 4 is 28.9 Å². The minimum Gasteiger partial charge on any atom is -0.490 e. The maximum absolute atomic E-state index is 12.4. The normalized spacial score (nSPS) is 10.4. The quantitative estimate of drug-likeness (QED) is 0.355. The van der Waals surface area contributed by atoms with Gasteiger partial charge in [0.25, 0.3) is 5.69 Å². The van der Waals surface area contributed by atoms with Crippen LogP contribution in [0.4, 0.5) is 11.4 Å². The minimum absolute atomic E-state index is 0.000555. The molecule has 0 atom stereocenters. The predicted octanol–water partition coefficient (Wildman–Crippen LogP) is 4.40. The fraction of sp³-hybridized carbons (Fsp3) is 0.368. The summed E-state index contributed by atoms with van der Waals surface area (Å²) in [6.45, 7) is 4.70. The first kappa shape index (κ1) is 21.4. The van der Waals surface area contributed by atoms with Crippen LogP contribution in [0.2, 0.25) is 5.15 Å². The van der Waals surface area contributed by atoms with Crippen molar-refractivity contribution in [1.82, 2.24) is 4.98 Å². The Kier molecular flexibility index (Phi) is 8.01. The number of ether oxygens (including phenoxy) is 2. The molecule has 1 N–H and O–H groups in total. The van der Waals surface area contributed by atoms with Crippen LogP contribution < -0.4 is 14.8 Å². The zero-order valence-corrected chi connectivity index (χ0v) is 16.5. The average Bonchev–Trinajstić information content (AvgIpc) is 2.66. The third kappa shape index (κ3) is 6.09. The van der Waals surface area contributed by atoms with Crippen molar-refractivity contribution in [2.24, 2.45) is 0 Å². The molecular weight excluding hydrogens is 386 g/mol. The first-order valence-corrected chi connectivity index (χ1v) is 9.30. The highest BCUT2D eigenvalue weighted by Crippen LogP contribution is 2.38. The fourth-order valence-electron chi connectivity index (χ4n) is 2.34. The van der Waals surface area contributed by atoms with Crippen molar-refractivity contribution in [1.29, 1.82) is 0 Å². The number of amides is 1. The standard InChI is InChI=1S/C19H22ClN3O5/c1-3-7-27-16-10-14(15(23(25)26)11-17(16)28-8-4-2)22-19(24)9-13-5-6-18(20)21-12-13/h5-6,10-12H,3-4,7-9H2,1-2H3,(H,22,24). The summed E-state index contributed by atoms with van der Waals surface area (Å²) in [5.41, 5.74) is 0.416. The average molecular weight is 408 g/mol. The number of benzene rings is 1. The lowest BCUT2D eigenvalue weighted by Crippen LogP contribution is -2.16. The highest BCUT2D eigenvalue weighted by Gasteiger charge is 2.22. The third-order valence-corrected chi connectivity index (χ3v) is 3.83. The van der Waals surface area contributed by atoms with E-state index in [0.717, 1.165) is 12.8 Å². The number of rotatable bonds is 10. The molecule has 0 aliphatic carbocycles. The van der Waals surface area contributed by atoms with Crippen LogP contribution in [0, 0.1) is 10.1 Å². The van der Waals surface area contributed by atoms with Crippen molar-refractivity contribution in [2.45, 2.75) is 33.1 Å². The number of hydrogen-bond donors (Lipinski definition) is 1. The fourth-order valence-corrected chi connectivity index (χ4v) is 2.45. The van der Waals surface area contributed by atoms with E-state index in [-0.39, 0.29) is 23.5 Å². The highest BCUT2D eigenvalue weighted by molar-refractivity contribution is 6.29. The molecule has 0 saturated heterocycles. The molecule has 8 nitrogen and oxygen atoms in total. The molecule has 1 aromatic carbocycles. The summed E-state index contributed by atoms with van der Waals surface area (Å²) in [6.07, 6.45) is 2.98. The number of nitro groups is 1. The molecule has 0 unspecified atom stereocenters. The van der Waals surface area contributed by atoms with Gasteiger partial charge in [0.1, 0.15) is 10.8 Å². The monoisotopic (exact) mass is 407 g/mol. The Hall–Kier alpha value is -2.87. The van der Waals surface area contributed by atoms with Gasteiger partial charge in [0, 0.05) is 12.3 Å². The van der Waals surface area contributed by atoms with Crippen LogP contribution in [-0.4, -0.2) is 29.0 Å². The maximum atomic E-state index is 12.4. The SMILES string of the molecule is CCCOc1cc(NC(=O)Cc2ccc(Cl)nc2)c([N+](=O)[O-])cc1OCCC. The lowest BCUT2D eigenvalue weighted by atomic mass is 10.2. The van der Waals surface area contributed by atoms with Crippen LogP contribution in [0.3, 0.4) is 0 Å². The Morgan fingerprint density at radius 3 is 2.36 bits per heavy atom. The molecule has 2 rings (SSSR count). The van der Waals surface area contributed by atoms with Crippen molar-refractivity contribution in [3.8, 4) is 11.5 Å². The van der Waals surface area contributed by atoms with Crippen LogP contribution >= 0.6 is 11.6 Å². The van der Waals surface area contributed by atoms with E-state index in [1.165, 1.54) is 18.3 Å². The van der Waals surface area contributed by atoms with E-state index < -0.39 is 10.8 Å². The van der Waals surface area contributed by atoms with E-state index >= 15 is 0 Å². The molecule has 28 heavy (non-hydrogen) atoms. The van der Waals surface area contributed by atoms with E-state index in [4.69, 9.17) is 21.1 Å². The second-order valence-electron chi connectivity index (χ2n) is 5.98. The molecule has 0 saturated carbocycles. The molecule has 9 heteroatoms. The molecule has 0 aliphatic heterocycles. The number of carbonyl (C=O) groups is 1. The molecule has 0 fully saturated rings. The Morgan fingerprint density at radius 2 is 1.82 bits per heavy atom. The largest absolute Gasteiger partial charge is 0.490 e. The van der Waals surface area contributed by atoms with E-state index in [1.54, 1.807) is 12.1 Å². The van der Waals surface area contributed by atoms with Crippen LogP contribution in [0.5, 0.6) is 11.5 Å². The Labute approximate surface area is 168 Å². The van der Waals surface area contributed by atoms with Crippen molar-refractivity contribution in [3.05, 3.63) is 51.3 Å². The minimum atomic E-state index is -0.568. The molecular formula is C19H22ClN3O5. The summed E-state index contributed by atoms with van der Waals surface area (Å²) in [4.78, 5) is 27.2. The summed E-state index contributed by atoms with van der Waals surface area (Å²) in [5.74, 6) is 0.210. The molecule has 0 radical (unpaired) electrons. The van der Waals surface area contributed by atoms with Gasteiger partial charge >= 0.3 is 0 Å². The molecule has 2 aromatic rings. The zero-order valence-electron chi connectivity index (χ0n) is 15.7. The third-order valence-electron chi connectivity index (χ3n) is 3.61. The smallest absolute Gasteiger partial charge is 0.296 e. The Bertz CT molecular complexity index is 827. The van der Waals surface area contributed by atoms with E-state index in [1.807, 2.05) is 13.8 Å². The van der Waals surface area contributed by atoms with Gasteiger partial charge in [-0.05, 0) is 24.5 Å². The number of nitrogens with zero attached hydrogens (tertiary/aromatic N) is 2. The summed E-state index contributed by atoms with van der Waals surface area (Å²) in [7, 11) is 0. The number of anilines is 1. The second kappa shape index (κ2) is 10.5. The summed E-state index contributed by atoms with van der Waals surface area (Å²) in [5, 5.41) is 14.4. The Morgan fingerprint density at radius 1 is 1.18 bits per heavy atom. The van der Waals surface area contributed by atoms with E-state index in [2.05, 4.69) is 10.3 Å². The van der Waals surface area contributed by atoms with Crippen LogP contribution in [0.15, 0.2) is 30.5 Å². The van der Waals surface area contributed by atoms with Gasteiger partial charge in [-0.25, -0.2) is 4.98 Å². The Balaban J connectivity index is 2.27. The van der Waals surface area contributed by atoms with Gasteiger partial charge in [0.15, 0.2) is 11.5 Å². The molecule has 0 aliphatic rings. The van der Waals surface area contributed by atoms with Crippen molar-refractivity contribution in [2.75, 3.05) is 18.5 Å². The summed E-state index contributed by atoms with van der Waals surface area (Å²) >= 11 is 5.73. The highest BCUT2D eigenvalue weighted by atomic mass is 35.5. The van der Waals surface area contributed by atoms with Crippen molar-refractivity contribution in [3.63, 3.8) is 0 Å². The van der Waals surface area contributed by atoms with Gasteiger partial charge in [-0.15, -0.1) is 0 Å². The lowest BCUT2D eigenvalue weighted by Gasteiger charge is -2.14. The topological polar surface area (TPSA) is 104 Å². The molecule has 1 heterocycles. The number of pyridine rings is 1. The number of carbonyl (C=O) groups excluding carboxylic acids is 1. The summed E-state index contributed by atoms with van der Waals surface area (Å²) in [6, 6.07) is 5.95. The second-order valence-corrected chi connectivity index (χ2v) is 6.37. The van der Waals surface area contributed by atoms with E-state index in [0.29, 0.717) is 29.7 Å². The molecule has 1 aromatic heterocycles. The van der Waals surface area contributed by atoms with Gasteiger partial charge in [0.05, 0.1) is 30.6 Å². The number of nitro benzene ring substituents is 1. The zero-order chi connectivity index (χ0) is 20.5. The van der Waals surface area contributed by atoms with Crippen LogP contribution in [-0.2, 0) is 11.2 Å². The van der Waals surface area contributed by atoms with Crippen molar-refractivity contribution < 1.29 is 19.2 Å². The van der Waals surface area contributed by atoms with Gasteiger partial charge in [-0.3, -0.25) is 14.9 Å². The maximum Gasteiger partial charge on any atom is 0.296 e. The molecule has 0 bridgehead atoms. The molecule has 150 valence electrons. The summed E-state index contributed by atoms with van der Waals surface area (Å²) < 4.78 is 11.2. The molecule has 1 amide bonds. The molecule has 0 spiro atoms. The van der Waals surface area contributed by atoms with Gasteiger partial charge in [0.2, 0.25) is 5.91 Å². The van der Waals surface area contributed by atoms with Gasteiger partial charge in [-0.1, -0.05) is 31.5 Å². The number of halogens is 1.